The topological polar surface area (TPSA) is 88.7 Å². The molecule has 0 aliphatic carbocycles. The average Bonchev–Trinajstić information content (AvgIpc) is 2.96. The third-order valence-electron chi connectivity index (χ3n) is 5.48. The van der Waals surface area contributed by atoms with E-state index < -0.39 is 11.8 Å². The molecule has 2 amide bonds. The Hall–Kier alpha value is -4.69. The van der Waals surface area contributed by atoms with E-state index in [2.05, 4.69) is 16.2 Å². The molecule has 192 valence electrons. The fraction of sp³-hybridized carbons (Fsp3) is 0.100. The van der Waals surface area contributed by atoms with Gasteiger partial charge in [0.15, 0.2) is 5.11 Å². The first-order valence-corrected chi connectivity index (χ1v) is 12.4. The van der Waals surface area contributed by atoms with Crippen molar-refractivity contribution in [1.29, 1.82) is 0 Å². The summed E-state index contributed by atoms with van der Waals surface area (Å²) in [7, 11) is 0. The van der Waals surface area contributed by atoms with Crippen molar-refractivity contribution >= 4 is 29.1 Å². The Balaban J connectivity index is 1.20. The first kappa shape index (κ1) is 26.4. The summed E-state index contributed by atoms with van der Waals surface area (Å²) in [5, 5.41) is 2.50. The molecule has 4 aromatic rings. The number of hydrazine groups is 1. The van der Waals surface area contributed by atoms with Crippen LogP contribution in [0.4, 0.5) is 0 Å². The first-order valence-electron chi connectivity index (χ1n) is 12.0. The van der Waals surface area contributed by atoms with E-state index in [1.165, 1.54) is 5.56 Å². The monoisotopic (exact) mass is 525 g/mol. The molecular formula is C30H27N3O4S. The molecule has 0 radical (unpaired) electrons. The second-order valence-electron chi connectivity index (χ2n) is 8.27. The largest absolute Gasteiger partial charge is 0.493 e. The van der Waals surface area contributed by atoms with Crippen LogP contribution in [-0.4, -0.2) is 23.5 Å². The number of carbonyl (C=O) groups is 2. The van der Waals surface area contributed by atoms with Crippen molar-refractivity contribution in [1.82, 2.24) is 16.2 Å². The van der Waals surface area contributed by atoms with Crippen LogP contribution in [0.15, 0.2) is 109 Å². The Morgan fingerprint density at radius 1 is 0.632 bits per heavy atom. The van der Waals surface area contributed by atoms with Crippen molar-refractivity contribution in [2.24, 2.45) is 0 Å². The maximum absolute atomic E-state index is 12.6. The summed E-state index contributed by atoms with van der Waals surface area (Å²) >= 11 is 5.15. The molecule has 0 unspecified atom stereocenters. The number of benzene rings is 4. The molecule has 0 heterocycles. The lowest BCUT2D eigenvalue weighted by atomic mass is 10.2. The summed E-state index contributed by atoms with van der Waals surface area (Å²) in [5.41, 5.74) is 8.03. The van der Waals surface area contributed by atoms with E-state index in [1.54, 1.807) is 48.5 Å². The number of hydrogen-bond acceptors (Lipinski definition) is 5. The van der Waals surface area contributed by atoms with E-state index in [1.807, 2.05) is 60.7 Å². The lowest BCUT2D eigenvalue weighted by Crippen LogP contribution is -2.48. The fourth-order valence-corrected chi connectivity index (χ4v) is 3.64. The van der Waals surface area contributed by atoms with Crippen LogP contribution in [0.5, 0.6) is 11.5 Å². The smallest absolute Gasteiger partial charge is 0.269 e. The molecule has 4 aromatic carbocycles. The van der Waals surface area contributed by atoms with Crippen molar-refractivity contribution in [2.75, 3.05) is 6.61 Å². The van der Waals surface area contributed by atoms with E-state index in [-0.39, 0.29) is 5.11 Å². The third-order valence-corrected chi connectivity index (χ3v) is 5.68. The molecule has 3 N–H and O–H groups in total. The van der Waals surface area contributed by atoms with Crippen LogP contribution < -0.4 is 25.6 Å². The van der Waals surface area contributed by atoms with Gasteiger partial charge in [-0.1, -0.05) is 66.7 Å². The molecule has 0 aliphatic rings. The number of thiocarbonyl (C=S) groups is 1. The Morgan fingerprint density at radius 3 is 2.03 bits per heavy atom. The zero-order valence-corrected chi connectivity index (χ0v) is 21.4. The van der Waals surface area contributed by atoms with Crippen LogP contribution in [0.25, 0.3) is 0 Å². The van der Waals surface area contributed by atoms with E-state index >= 15 is 0 Å². The van der Waals surface area contributed by atoms with Crippen LogP contribution in [-0.2, 0) is 13.0 Å². The van der Waals surface area contributed by atoms with Gasteiger partial charge in [0, 0.05) is 17.5 Å². The molecule has 0 saturated heterocycles. The molecule has 0 atom stereocenters. The van der Waals surface area contributed by atoms with Gasteiger partial charge < -0.3 is 9.47 Å². The summed E-state index contributed by atoms with van der Waals surface area (Å²) in [4.78, 5) is 25.0. The minimum atomic E-state index is -0.426. The van der Waals surface area contributed by atoms with Gasteiger partial charge in [-0.3, -0.25) is 25.8 Å². The van der Waals surface area contributed by atoms with Gasteiger partial charge in [0.05, 0.1) is 6.61 Å². The number of rotatable bonds is 9. The molecule has 4 rings (SSSR count). The highest BCUT2D eigenvalue weighted by molar-refractivity contribution is 7.80. The van der Waals surface area contributed by atoms with Gasteiger partial charge >= 0.3 is 0 Å². The predicted octanol–water partition coefficient (Wildman–Crippen LogP) is 4.84. The van der Waals surface area contributed by atoms with Crippen molar-refractivity contribution in [3.8, 4) is 11.5 Å². The molecule has 0 aromatic heterocycles. The van der Waals surface area contributed by atoms with E-state index in [4.69, 9.17) is 21.7 Å². The molecule has 0 saturated carbocycles. The zero-order valence-electron chi connectivity index (χ0n) is 20.6. The first-order chi connectivity index (χ1) is 18.6. The SMILES string of the molecule is O=C(NNC(=S)NC(=O)c1cccc(OCCc2ccccc2)c1)c1ccc(OCc2ccccc2)cc1. The van der Waals surface area contributed by atoms with Gasteiger partial charge in [-0.15, -0.1) is 0 Å². The molecule has 7 nitrogen and oxygen atoms in total. The Kier molecular flexibility index (Phi) is 9.42. The number of hydrogen-bond donors (Lipinski definition) is 3. The number of ether oxygens (including phenoxy) is 2. The lowest BCUT2D eigenvalue weighted by Gasteiger charge is -2.12. The second kappa shape index (κ2) is 13.6. The van der Waals surface area contributed by atoms with Gasteiger partial charge in [0.25, 0.3) is 11.8 Å². The van der Waals surface area contributed by atoms with E-state index in [0.717, 1.165) is 12.0 Å². The summed E-state index contributed by atoms with van der Waals surface area (Å²) in [6.45, 7) is 0.922. The van der Waals surface area contributed by atoms with E-state index in [0.29, 0.717) is 35.8 Å². The fourth-order valence-electron chi connectivity index (χ4n) is 3.49. The highest BCUT2D eigenvalue weighted by atomic mass is 32.1. The average molecular weight is 526 g/mol. The summed E-state index contributed by atoms with van der Waals surface area (Å²) < 4.78 is 11.5. The van der Waals surface area contributed by atoms with Gasteiger partial charge in [-0.2, -0.15) is 0 Å². The highest BCUT2D eigenvalue weighted by Crippen LogP contribution is 2.15. The minimum Gasteiger partial charge on any atom is -0.493 e. The standard InChI is InChI=1S/C30H27N3O4S/c34-28(25-12-7-13-27(20-25)36-19-18-22-8-3-1-4-9-22)31-30(38)33-32-29(35)24-14-16-26(17-15-24)37-21-23-10-5-2-6-11-23/h1-17,20H,18-19,21H2,(H,32,35)(H2,31,33,34,38). The molecule has 8 heteroatoms. The van der Waals surface area contributed by atoms with Gasteiger partial charge in [-0.25, -0.2) is 0 Å². The molecule has 0 spiro atoms. The summed E-state index contributed by atoms with van der Waals surface area (Å²) in [6.07, 6.45) is 0.758. The van der Waals surface area contributed by atoms with Crippen molar-refractivity contribution in [3.63, 3.8) is 0 Å². The molecule has 0 aliphatic heterocycles. The Morgan fingerprint density at radius 2 is 1.32 bits per heavy atom. The van der Waals surface area contributed by atoms with E-state index in [9.17, 15) is 9.59 Å². The summed E-state index contributed by atoms with van der Waals surface area (Å²) in [6, 6.07) is 33.4. The van der Waals surface area contributed by atoms with Crippen molar-refractivity contribution in [3.05, 3.63) is 131 Å². The van der Waals surface area contributed by atoms with Gasteiger partial charge in [0.2, 0.25) is 0 Å². The Bertz CT molecular complexity index is 1360. The zero-order chi connectivity index (χ0) is 26.6. The normalized spacial score (nSPS) is 10.2. The van der Waals surface area contributed by atoms with Gasteiger partial charge in [0.1, 0.15) is 18.1 Å². The predicted molar refractivity (Wildman–Crippen MR) is 150 cm³/mol. The summed E-state index contributed by atoms with van der Waals surface area (Å²) in [5.74, 6) is 0.388. The minimum absolute atomic E-state index is 0.0402. The molecular weight excluding hydrogens is 498 g/mol. The molecule has 0 bridgehead atoms. The quantitative estimate of drug-likeness (QED) is 0.214. The van der Waals surface area contributed by atoms with Crippen LogP contribution in [0, 0.1) is 0 Å². The number of nitrogens with one attached hydrogen (secondary N) is 3. The van der Waals surface area contributed by atoms with Gasteiger partial charge in [-0.05, 0) is 65.8 Å². The number of amides is 2. The van der Waals surface area contributed by atoms with Crippen molar-refractivity contribution < 1.29 is 19.1 Å². The lowest BCUT2D eigenvalue weighted by molar-refractivity contribution is 0.0934. The Labute approximate surface area is 226 Å². The van der Waals surface area contributed by atoms with Crippen LogP contribution >= 0.6 is 12.2 Å². The van der Waals surface area contributed by atoms with Crippen LogP contribution in [0.3, 0.4) is 0 Å². The molecule has 38 heavy (non-hydrogen) atoms. The van der Waals surface area contributed by atoms with Crippen LogP contribution in [0.1, 0.15) is 31.8 Å². The highest BCUT2D eigenvalue weighted by Gasteiger charge is 2.11. The van der Waals surface area contributed by atoms with Crippen molar-refractivity contribution in [2.45, 2.75) is 13.0 Å². The maximum atomic E-state index is 12.6. The van der Waals surface area contributed by atoms with Crippen LogP contribution in [0.2, 0.25) is 0 Å². The maximum Gasteiger partial charge on any atom is 0.269 e. The number of carbonyl (C=O) groups excluding carboxylic acids is 2. The third kappa shape index (κ3) is 8.18. The second-order valence-corrected chi connectivity index (χ2v) is 8.68. The molecule has 0 fully saturated rings.